The van der Waals surface area contributed by atoms with E-state index < -0.39 is 0 Å². The zero-order chi connectivity index (χ0) is 19.9. The summed E-state index contributed by atoms with van der Waals surface area (Å²) in [6.07, 6.45) is 10.3. The van der Waals surface area contributed by atoms with E-state index >= 15 is 0 Å². The van der Waals surface area contributed by atoms with Crippen molar-refractivity contribution < 1.29 is 18.9 Å². The monoisotopic (exact) mass is 370 g/mol. The van der Waals surface area contributed by atoms with Gasteiger partial charge >= 0.3 is 0 Å². The first kappa shape index (κ1) is 20.2. The van der Waals surface area contributed by atoms with Crippen LogP contribution in [0.25, 0.3) is 0 Å². The molecule has 4 heteroatoms. The molecule has 28 heavy (non-hydrogen) atoms. The van der Waals surface area contributed by atoms with Gasteiger partial charge in [0.15, 0.2) is 0 Å². The van der Waals surface area contributed by atoms with Crippen LogP contribution in [0.5, 0.6) is 23.0 Å². The molecule has 0 radical (unpaired) electrons. The highest BCUT2D eigenvalue weighted by atomic mass is 16.5. The van der Waals surface area contributed by atoms with E-state index in [1.165, 1.54) is 0 Å². The summed E-state index contributed by atoms with van der Waals surface area (Å²) in [5, 5.41) is 0. The molecule has 0 saturated heterocycles. The second-order valence-electron chi connectivity index (χ2n) is 5.12. The van der Waals surface area contributed by atoms with Crippen molar-refractivity contribution in [3.63, 3.8) is 0 Å². The molecule has 0 N–H and O–H groups in total. The minimum atomic E-state index is 0.211. The van der Waals surface area contributed by atoms with Gasteiger partial charge in [-0.2, -0.15) is 0 Å². The topological polar surface area (TPSA) is 36.9 Å². The molecule has 0 aromatic heterocycles. The van der Waals surface area contributed by atoms with Crippen molar-refractivity contribution >= 4 is 0 Å². The quantitative estimate of drug-likeness (QED) is 0.669. The summed E-state index contributed by atoms with van der Waals surface area (Å²) in [4.78, 5) is 0. The largest absolute Gasteiger partial charge is 0.481 e. The molecular weight excluding hydrogens is 352 g/mol. The van der Waals surface area contributed by atoms with Gasteiger partial charge in [0.25, 0.3) is 0 Å². The third kappa shape index (κ3) is 7.84. The Balaban J connectivity index is 1.72. The Kier molecular flexibility index (Phi) is 8.85. The number of rotatable bonds is 8. The van der Waals surface area contributed by atoms with Crippen molar-refractivity contribution in [1.82, 2.24) is 0 Å². The van der Waals surface area contributed by atoms with Crippen LogP contribution in [0, 0.1) is 48.4 Å². The van der Waals surface area contributed by atoms with Gasteiger partial charge in [-0.15, -0.1) is 12.8 Å². The first-order chi connectivity index (χ1) is 13.8. The molecule has 4 nitrogen and oxygen atoms in total. The third-order valence-electron chi connectivity index (χ3n) is 3.12. The Hall–Kier alpha value is -4.12. The molecule has 138 valence electrons. The average Bonchev–Trinajstić information content (AvgIpc) is 2.73. The van der Waals surface area contributed by atoms with Crippen molar-refractivity contribution in [3.05, 3.63) is 48.5 Å². The number of hydrogen-bond acceptors (Lipinski definition) is 4. The maximum absolute atomic E-state index is 5.52. The van der Waals surface area contributed by atoms with E-state index in [-0.39, 0.29) is 26.4 Å². The summed E-state index contributed by atoms with van der Waals surface area (Å²) in [6.45, 7) is 0.845. The van der Waals surface area contributed by atoms with E-state index in [1.54, 1.807) is 24.3 Å². The van der Waals surface area contributed by atoms with E-state index in [0.29, 0.717) is 23.0 Å². The third-order valence-corrected chi connectivity index (χ3v) is 3.12. The Morgan fingerprint density at radius 3 is 1.29 bits per heavy atom. The number of terminal acetylenes is 2. The van der Waals surface area contributed by atoms with Crippen molar-refractivity contribution in [2.24, 2.45) is 0 Å². The molecule has 0 aliphatic rings. The molecule has 0 amide bonds. The van der Waals surface area contributed by atoms with Crippen LogP contribution in [-0.2, 0) is 0 Å². The van der Waals surface area contributed by atoms with Crippen molar-refractivity contribution in [3.8, 4) is 71.4 Å². The lowest BCUT2D eigenvalue weighted by atomic mass is 10.3. The van der Waals surface area contributed by atoms with Gasteiger partial charge in [0.1, 0.15) is 49.4 Å². The molecule has 0 saturated carbocycles. The van der Waals surface area contributed by atoms with E-state index in [2.05, 4.69) is 35.5 Å². The maximum atomic E-state index is 5.52. The highest BCUT2D eigenvalue weighted by Crippen LogP contribution is 2.19. The second kappa shape index (κ2) is 12.3. The zero-order valence-electron chi connectivity index (χ0n) is 15.2. The molecule has 2 aromatic rings. The lowest BCUT2D eigenvalue weighted by Gasteiger charge is -2.05. The highest BCUT2D eigenvalue weighted by Gasteiger charge is 1.97. The van der Waals surface area contributed by atoms with Crippen molar-refractivity contribution in [2.45, 2.75) is 0 Å². The van der Waals surface area contributed by atoms with Crippen LogP contribution in [0.1, 0.15) is 0 Å². The molecule has 0 spiro atoms. The van der Waals surface area contributed by atoms with Crippen LogP contribution in [0.4, 0.5) is 0 Å². The molecule has 2 rings (SSSR count). The Morgan fingerprint density at radius 1 is 0.571 bits per heavy atom. The fourth-order valence-corrected chi connectivity index (χ4v) is 1.96. The van der Waals surface area contributed by atoms with Gasteiger partial charge < -0.3 is 18.9 Å². The van der Waals surface area contributed by atoms with Gasteiger partial charge in [-0.25, -0.2) is 0 Å². The first-order valence-corrected chi connectivity index (χ1v) is 8.36. The molecule has 0 fully saturated rings. The SMILES string of the molecule is C#CCOc1cccc(OCC#CC#CCOc2cccc(OCC#C)c2)c1. The normalized spacial score (nSPS) is 8.64. The van der Waals surface area contributed by atoms with E-state index in [0.717, 1.165) is 0 Å². The van der Waals surface area contributed by atoms with E-state index in [4.69, 9.17) is 31.8 Å². The van der Waals surface area contributed by atoms with Crippen molar-refractivity contribution in [2.75, 3.05) is 26.4 Å². The first-order valence-electron chi connectivity index (χ1n) is 8.36. The van der Waals surface area contributed by atoms with Gasteiger partial charge in [0, 0.05) is 12.1 Å². The van der Waals surface area contributed by atoms with Crippen LogP contribution in [0.15, 0.2) is 48.5 Å². The average molecular weight is 370 g/mol. The molecule has 0 unspecified atom stereocenters. The smallest absolute Gasteiger partial charge is 0.150 e. The van der Waals surface area contributed by atoms with Crippen molar-refractivity contribution in [1.29, 1.82) is 0 Å². The van der Waals surface area contributed by atoms with Crippen LogP contribution < -0.4 is 18.9 Å². The van der Waals surface area contributed by atoms with Crippen LogP contribution in [-0.4, -0.2) is 26.4 Å². The molecule has 0 atom stereocenters. The lowest BCUT2D eigenvalue weighted by molar-refractivity contribution is 0.351. The van der Waals surface area contributed by atoms with E-state index in [1.807, 2.05) is 24.3 Å². The summed E-state index contributed by atoms with van der Waals surface area (Å²) >= 11 is 0. The maximum Gasteiger partial charge on any atom is 0.150 e. The molecule has 0 aliphatic carbocycles. The number of hydrogen-bond donors (Lipinski definition) is 0. The summed E-state index contributed by atoms with van der Waals surface area (Å²) in [6, 6.07) is 14.4. The molecule has 0 bridgehead atoms. The van der Waals surface area contributed by atoms with E-state index in [9.17, 15) is 0 Å². The molecule has 0 aliphatic heterocycles. The summed E-state index contributed by atoms with van der Waals surface area (Å²) in [5.74, 6) is 18.5. The summed E-state index contributed by atoms with van der Waals surface area (Å²) in [7, 11) is 0. The van der Waals surface area contributed by atoms with Gasteiger partial charge in [0.2, 0.25) is 0 Å². The van der Waals surface area contributed by atoms with Gasteiger partial charge in [0.05, 0.1) is 0 Å². The Morgan fingerprint density at radius 2 is 0.929 bits per heavy atom. The summed E-state index contributed by atoms with van der Waals surface area (Å²) < 4.78 is 21.7. The fourth-order valence-electron chi connectivity index (χ4n) is 1.96. The second-order valence-corrected chi connectivity index (χ2v) is 5.12. The van der Waals surface area contributed by atoms with Gasteiger partial charge in [-0.05, 0) is 47.9 Å². The van der Waals surface area contributed by atoms with Crippen LogP contribution in [0.3, 0.4) is 0 Å². The highest BCUT2D eigenvalue weighted by molar-refractivity contribution is 5.35. The van der Waals surface area contributed by atoms with Crippen LogP contribution >= 0.6 is 0 Å². The summed E-state index contributed by atoms with van der Waals surface area (Å²) in [5.41, 5.74) is 0. The number of ether oxygens (including phenoxy) is 4. The molecular formula is C24H18O4. The predicted molar refractivity (Wildman–Crippen MR) is 108 cm³/mol. The van der Waals surface area contributed by atoms with Gasteiger partial charge in [-0.1, -0.05) is 24.0 Å². The zero-order valence-corrected chi connectivity index (χ0v) is 15.2. The standard InChI is InChI=1S/C24H18O4/c1-3-15-25-21-11-9-13-23(19-21)27-17-7-5-6-8-18-28-24-14-10-12-22(20-24)26-16-4-2/h1-2,9-14,19-20H,15-18H2. The van der Waals surface area contributed by atoms with Gasteiger partial charge in [-0.3, -0.25) is 0 Å². The van der Waals surface area contributed by atoms with Crippen LogP contribution in [0.2, 0.25) is 0 Å². The fraction of sp³-hybridized carbons (Fsp3) is 0.167. The molecule has 0 heterocycles. The lowest BCUT2D eigenvalue weighted by Crippen LogP contribution is -1.97. The molecule has 2 aromatic carbocycles. The minimum Gasteiger partial charge on any atom is -0.481 e. The Labute approximate surface area is 165 Å². The minimum absolute atomic E-state index is 0.211. The Bertz CT molecular complexity index is 890. The number of benzene rings is 2. The predicted octanol–water partition coefficient (Wildman–Crippen LogP) is 3.18.